The predicted octanol–water partition coefficient (Wildman–Crippen LogP) is 2.32. The molecule has 1 saturated heterocycles. The van der Waals surface area contributed by atoms with Crippen LogP contribution in [0.4, 0.5) is 5.82 Å². The Kier molecular flexibility index (Phi) is 4.93. The highest BCUT2D eigenvalue weighted by Gasteiger charge is 2.24. The van der Waals surface area contributed by atoms with Crippen LogP contribution in [-0.2, 0) is 4.74 Å². The molecule has 5 nitrogen and oxygen atoms in total. The first kappa shape index (κ1) is 15.3. The second kappa shape index (κ2) is 7.09. The molecule has 0 N–H and O–H groups in total. The highest BCUT2D eigenvalue weighted by molar-refractivity contribution is 5.92. The molecule has 0 bridgehead atoms. The molecule has 22 heavy (non-hydrogen) atoms. The highest BCUT2D eigenvalue weighted by Crippen LogP contribution is 2.23. The maximum Gasteiger partial charge on any atom is 0.272 e. The molecule has 0 atom stereocenters. The van der Waals surface area contributed by atoms with Gasteiger partial charge in [0.15, 0.2) is 0 Å². The SMILES string of the molecule is CN(C(=O)c1cccc(N2CCOCC2)n1)C1CCCCC1. The van der Waals surface area contributed by atoms with E-state index in [-0.39, 0.29) is 5.91 Å². The van der Waals surface area contributed by atoms with Gasteiger partial charge in [-0.3, -0.25) is 4.79 Å². The molecule has 1 aromatic rings. The molecule has 120 valence electrons. The number of hydrogen-bond donors (Lipinski definition) is 0. The zero-order valence-corrected chi connectivity index (χ0v) is 13.3. The number of carbonyl (C=O) groups is 1. The summed E-state index contributed by atoms with van der Waals surface area (Å²) in [7, 11) is 1.92. The largest absolute Gasteiger partial charge is 0.378 e. The Morgan fingerprint density at radius 2 is 1.95 bits per heavy atom. The van der Waals surface area contributed by atoms with Crippen LogP contribution in [-0.4, -0.2) is 55.2 Å². The van der Waals surface area contributed by atoms with Crippen molar-refractivity contribution in [3.05, 3.63) is 23.9 Å². The highest BCUT2D eigenvalue weighted by atomic mass is 16.5. The predicted molar refractivity (Wildman–Crippen MR) is 86.2 cm³/mol. The third kappa shape index (κ3) is 3.40. The average Bonchev–Trinajstić information content (AvgIpc) is 2.62. The van der Waals surface area contributed by atoms with Crippen molar-refractivity contribution in [3.8, 4) is 0 Å². The van der Waals surface area contributed by atoms with Gasteiger partial charge in [-0.05, 0) is 25.0 Å². The van der Waals surface area contributed by atoms with Crippen molar-refractivity contribution < 1.29 is 9.53 Å². The molecule has 1 aromatic heterocycles. The van der Waals surface area contributed by atoms with Gasteiger partial charge >= 0.3 is 0 Å². The van der Waals surface area contributed by atoms with Crippen molar-refractivity contribution >= 4 is 11.7 Å². The molecule has 0 spiro atoms. The summed E-state index contributed by atoms with van der Waals surface area (Å²) in [6.45, 7) is 3.12. The van der Waals surface area contributed by atoms with Crippen molar-refractivity contribution in [2.75, 3.05) is 38.3 Å². The molecule has 0 radical (unpaired) electrons. The van der Waals surface area contributed by atoms with Gasteiger partial charge in [0.05, 0.1) is 13.2 Å². The van der Waals surface area contributed by atoms with E-state index in [2.05, 4.69) is 9.88 Å². The van der Waals surface area contributed by atoms with Crippen LogP contribution in [0.3, 0.4) is 0 Å². The Hall–Kier alpha value is -1.62. The number of aromatic nitrogens is 1. The number of rotatable bonds is 3. The van der Waals surface area contributed by atoms with E-state index in [1.807, 2.05) is 30.1 Å². The Bertz CT molecular complexity index is 508. The summed E-state index contributed by atoms with van der Waals surface area (Å²) < 4.78 is 5.37. The lowest BCUT2D eigenvalue weighted by Gasteiger charge is -2.31. The van der Waals surface area contributed by atoms with Gasteiger partial charge in [0.25, 0.3) is 5.91 Å². The summed E-state index contributed by atoms with van der Waals surface area (Å²) >= 11 is 0. The number of carbonyl (C=O) groups excluding carboxylic acids is 1. The fourth-order valence-electron chi connectivity index (χ4n) is 3.33. The van der Waals surface area contributed by atoms with E-state index >= 15 is 0 Å². The molecule has 2 heterocycles. The van der Waals surface area contributed by atoms with E-state index in [0.717, 1.165) is 45.0 Å². The minimum absolute atomic E-state index is 0.0435. The van der Waals surface area contributed by atoms with Crippen LogP contribution in [0.1, 0.15) is 42.6 Å². The number of hydrogen-bond acceptors (Lipinski definition) is 4. The lowest BCUT2D eigenvalue weighted by molar-refractivity contribution is 0.0690. The third-order valence-electron chi connectivity index (χ3n) is 4.73. The molecule has 3 rings (SSSR count). The molecule has 0 aromatic carbocycles. The standard InChI is InChI=1S/C17H25N3O2/c1-19(14-6-3-2-4-7-14)17(21)15-8-5-9-16(18-15)20-10-12-22-13-11-20/h5,8-9,14H,2-4,6-7,10-13H2,1H3. The van der Waals surface area contributed by atoms with Gasteiger partial charge in [-0.2, -0.15) is 0 Å². The normalized spacial score (nSPS) is 20.0. The molecule has 2 aliphatic rings. The summed E-state index contributed by atoms with van der Waals surface area (Å²) in [5.41, 5.74) is 0.553. The van der Waals surface area contributed by atoms with Crippen LogP contribution in [0.15, 0.2) is 18.2 Å². The first-order valence-corrected chi connectivity index (χ1v) is 8.32. The van der Waals surface area contributed by atoms with Gasteiger partial charge in [-0.15, -0.1) is 0 Å². The number of nitrogens with zero attached hydrogens (tertiary/aromatic N) is 3. The minimum Gasteiger partial charge on any atom is -0.378 e. The maximum atomic E-state index is 12.7. The monoisotopic (exact) mass is 303 g/mol. The first-order valence-electron chi connectivity index (χ1n) is 8.32. The Balaban J connectivity index is 1.71. The van der Waals surface area contributed by atoms with Gasteiger partial charge in [-0.1, -0.05) is 25.3 Å². The van der Waals surface area contributed by atoms with Crippen molar-refractivity contribution in [1.29, 1.82) is 0 Å². The van der Waals surface area contributed by atoms with E-state index in [1.165, 1.54) is 19.3 Å². The van der Waals surface area contributed by atoms with Crippen LogP contribution in [0, 0.1) is 0 Å². The van der Waals surface area contributed by atoms with E-state index < -0.39 is 0 Å². The van der Waals surface area contributed by atoms with E-state index in [1.54, 1.807) is 0 Å². The van der Waals surface area contributed by atoms with Crippen LogP contribution in [0.25, 0.3) is 0 Å². The fourth-order valence-corrected chi connectivity index (χ4v) is 3.33. The molecule has 1 aliphatic heterocycles. The van der Waals surface area contributed by atoms with Crippen molar-refractivity contribution in [2.45, 2.75) is 38.1 Å². The molecule has 0 unspecified atom stereocenters. The summed E-state index contributed by atoms with van der Waals surface area (Å²) in [5.74, 6) is 0.924. The summed E-state index contributed by atoms with van der Waals surface area (Å²) in [5, 5.41) is 0. The topological polar surface area (TPSA) is 45.7 Å². The molecule has 1 amide bonds. The van der Waals surface area contributed by atoms with Crippen LogP contribution in [0.2, 0.25) is 0 Å². The van der Waals surface area contributed by atoms with E-state index in [4.69, 9.17) is 4.74 Å². The molecular formula is C17H25N3O2. The van der Waals surface area contributed by atoms with Crippen LogP contribution >= 0.6 is 0 Å². The zero-order valence-electron chi connectivity index (χ0n) is 13.3. The van der Waals surface area contributed by atoms with E-state index in [0.29, 0.717) is 11.7 Å². The third-order valence-corrected chi connectivity index (χ3v) is 4.73. The van der Waals surface area contributed by atoms with Crippen molar-refractivity contribution in [1.82, 2.24) is 9.88 Å². The van der Waals surface area contributed by atoms with Crippen molar-refractivity contribution in [3.63, 3.8) is 0 Å². The maximum absolute atomic E-state index is 12.7. The summed E-state index contributed by atoms with van der Waals surface area (Å²) in [4.78, 5) is 21.4. The molecule has 5 heteroatoms. The quantitative estimate of drug-likeness (QED) is 0.860. The lowest BCUT2D eigenvalue weighted by Crippen LogP contribution is -2.39. The molecule has 1 saturated carbocycles. The molecule has 2 fully saturated rings. The minimum atomic E-state index is 0.0435. The van der Waals surface area contributed by atoms with Gasteiger partial charge in [0.1, 0.15) is 11.5 Å². The zero-order chi connectivity index (χ0) is 15.4. The average molecular weight is 303 g/mol. The number of morpholine rings is 1. The number of pyridine rings is 1. The van der Waals surface area contributed by atoms with E-state index in [9.17, 15) is 4.79 Å². The number of amides is 1. The molecule has 1 aliphatic carbocycles. The van der Waals surface area contributed by atoms with Crippen LogP contribution in [0.5, 0.6) is 0 Å². The Morgan fingerprint density at radius 3 is 2.68 bits per heavy atom. The van der Waals surface area contributed by atoms with Gasteiger partial charge < -0.3 is 14.5 Å². The lowest BCUT2D eigenvalue weighted by atomic mass is 9.94. The Labute approximate surface area is 132 Å². The van der Waals surface area contributed by atoms with Crippen LogP contribution < -0.4 is 4.90 Å². The van der Waals surface area contributed by atoms with Gasteiger partial charge in [0.2, 0.25) is 0 Å². The van der Waals surface area contributed by atoms with Gasteiger partial charge in [0, 0.05) is 26.2 Å². The van der Waals surface area contributed by atoms with Gasteiger partial charge in [-0.25, -0.2) is 4.98 Å². The first-order chi connectivity index (χ1) is 10.8. The smallest absolute Gasteiger partial charge is 0.272 e. The number of ether oxygens (including phenoxy) is 1. The molecular weight excluding hydrogens is 278 g/mol. The second-order valence-corrected chi connectivity index (χ2v) is 6.19. The second-order valence-electron chi connectivity index (χ2n) is 6.19. The summed E-state index contributed by atoms with van der Waals surface area (Å²) in [6.07, 6.45) is 5.98. The Morgan fingerprint density at radius 1 is 1.23 bits per heavy atom. The number of anilines is 1. The summed E-state index contributed by atoms with van der Waals surface area (Å²) in [6, 6.07) is 6.10. The fraction of sp³-hybridized carbons (Fsp3) is 0.647. The van der Waals surface area contributed by atoms with Crippen molar-refractivity contribution in [2.24, 2.45) is 0 Å².